The Kier molecular flexibility index (Phi) is 5.26. The normalized spacial score (nSPS) is 12.5. The molecule has 12 heteroatoms. The Labute approximate surface area is 158 Å². The van der Waals surface area contributed by atoms with Crippen LogP contribution in [-0.4, -0.2) is 41.1 Å². The van der Waals surface area contributed by atoms with Gasteiger partial charge >= 0.3 is 6.18 Å². The Hall–Kier alpha value is -2.73. The lowest BCUT2D eigenvalue weighted by Crippen LogP contribution is -2.29. The maximum atomic E-state index is 12.8. The van der Waals surface area contributed by atoms with Crippen LogP contribution in [0.15, 0.2) is 35.2 Å². The Morgan fingerprint density at radius 1 is 1.07 bits per heavy atom. The predicted octanol–water partition coefficient (Wildman–Crippen LogP) is 2.15. The molecule has 0 saturated heterocycles. The van der Waals surface area contributed by atoms with Gasteiger partial charge in [-0.25, -0.2) is 18.1 Å². The molecule has 3 rings (SSSR count). The zero-order valence-electron chi connectivity index (χ0n) is 14.9. The van der Waals surface area contributed by atoms with E-state index in [9.17, 15) is 21.6 Å². The van der Waals surface area contributed by atoms with Crippen LogP contribution < -0.4 is 10.0 Å². The van der Waals surface area contributed by atoms with Crippen molar-refractivity contribution in [1.29, 1.82) is 0 Å². The van der Waals surface area contributed by atoms with Gasteiger partial charge in [-0.2, -0.15) is 22.7 Å². The number of aromatic nitrogens is 4. The molecule has 28 heavy (non-hydrogen) atoms. The van der Waals surface area contributed by atoms with Crippen molar-refractivity contribution in [2.24, 2.45) is 0 Å². The fraction of sp³-hybridized carbons (Fsp3) is 0.312. The highest BCUT2D eigenvalue weighted by Crippen LogP contribution is 2.27. The van der Waals surface area contributed by atoms with Crippen LogP contribution in [0.5, 0.6) is 0 Å². The van der Waals surface area contributed by atoms with E-state index in [1.165, 1.54) is 18.2 Å². The van der Waals surface area contributed by atoms with Crippen LogP contribution in [0.25, 0.3) is 5.78 Å². The summed E-state index contributed by atoms with van der Waals surface area (Å²) in [6.45, 7) is 3.58. The minimum absolute atomic E-state index is 0.0138. The zero-order chi connectivity index (χ0) is 20.5. The van der Waals surface area contributed by atoms with Crippen molar-refractivity contribution in [3.05, 3.63) is 47.4 Å². The summed E-state index contributed by atoms with van der Waals surface area (Å²) in [5.74, 6) is -1.27. The van der Waals surface area contributed by atoms with E-state index in [0.717, 1.165) is 10.1 Å². The summed E-state index contributed by atoms with van der Waals surface area (Å²) >= 11 is 0. The highest BCUT2D eigenvalue weighted by molar-refractivity contribution is 7.89. The lowest BCUT2D eigenvalue weighted by atomic mass is 10.2. The van der Waals surface area contributed by atoms with Gasteiger partial charge in [0, 0.05) is 24.8 Å². The average molecular weight is 414 g/mol. The number of hydrogen-bond acceptors (Lipinski definition) is 6. The van der Waals surface area contributed by atoms with Gasteiger partial charge in [0.1, 0.15) is 5.82 Å². The van der Waals surface area contributed by atoms with Crippen LogP contribution in [0.4, 0.5) is 19.0 Å². The van der Waals surface area contributed by atoms with Gasteiger partial charge < -0.3 is 5.32 Å². The van der Waals surface area contributed by atoms with Gasteiger partial charge in [-0.15, -0.1) is 5.10 Å². The highest BCUT2D eigenvalue weighted by Gasteiger charge is 2.36. The Morgan fingerprint density at radius 2 is 1.75 bits per heavy atom. The third-order valence-corrected chi connectivity index (χ3v) is 5.23. The molecule has 0 atom stereocenters. The number of benzene rings is 1. The first-order valence-electron chi connectivity index (χ1n) is 8.18. The molecule has 3 aromatic rings. The number of alkyl halides is 3. The van der Waals surface area contributed by atoms with Crippen LogP contribution in [0, 0.1) is 13.8 Å². The van der Waals surface area contributed by atoms with E-state index < -0.39 is 22.0 Å². The second-order valence-electron chi connectivity index (χ2n) is 6.07. The fourth-order valence-electron chi connectivity index (χ4n) is 2.41. The van der Waals surface area contributed by atoms with Gasteiger partial charge in [-0.05, 0) is 26.0 Å². The molecule has 0 unspecified atom stereocenters. The van der Waals surface area contributed by atoms with Gasteiger partial charge in [0.25, 0.3) is 11.6 Å². The van der Waals surface area contributed by atoms with Gasteiger partial charge in [0.15, 0.2) is 0 Å². The molecular formula is C16H17F3N6O2S. The number of hydrogen-bond donors (Lipinski definition) is 2. The summed E-state index contributed by atoms with van der Waals surface area (Å²) in [6, 6.07) is 7.86. The Bertz CT molecular complexity index is 1090. The van der Waals surface area contributed by atoms with Crippen molar-refractivity contribution in [2.75, 3.05) is 18.4 Å². The smallest absolute Gasteiger partial charge is 0.369 e. The van der Waals surface area contributed by atoms with Crippen LogP contribution in [0.2, 0.25) is 0 Å². The topological polar surface area (TPSA) is 101 Å². The van der Waals surface area contributed by atoms with Crippen molar-refractivity contribution in [3.8, 4) is 0 Å². The molecular weight excluding hydrogens is 397 g/mol. The number of sulfonamides is 1. The number of fused-ring (bicyclic) bond motifs is 1. The summed E-state index contributed by atoms with van der Waals surface area (Å²) in [6.07, 6.45) is -4.69. The number of nitrogens with zero attached hydrogens (tertiary/aromatic N) is 4. The maximum Gasteiger partial charge on any atom is 0.453 e. The van der Waals surface area contributed by atoms with E-state index in [4.69, 9.17) is 0 Å². The van der Waals surface area contributed by atoms with E-state index >= 15 is 0 Å². The zero-order valence-corrected chi connectivity index (χ0v) is 15.8. The lowest BCUT2D eigenvalue weighted by Gasteiger charge is -2.10. The van der Waals surface area contributed by atoms with E-state index in [-0.39, 0.29) is 29.6 Å². The fourth-order valence-corrected chi connectivity index (χ4v) is 3.44. The average Bonchev–Trinajstić information content (AvgIpc) is 3.03. The predicted molar refractivity (Wildman–Crippen MR) is 95.4 cm³/mol. The molecule has 0 aliphatic heterocycles. The highest BCUT2D eigenvalue weighted by atomic mass is 32.2. The van der Waals surface area contributed by atoms with Crippen molar-refractivity contribution in [3.63, 3.8) is 0 Å². The number of nitrogens with one attached hydrogen (secondary N) is 2. The minimum atomic E-state index is -4.69. The molecule has 2 heterocycles. The molecule has 1 aromatic carbocycles. The quantitative estimate of drug-likeness (QED) is 0.600. The number of halogens is 3. The van der Waals surface area contributed by atoms with Crippen LogP contribution in [0.3, 0.4) is 0 Å². The van der Waals surface area contributed by atoms with Crippen molar-refractivity contribution < 1.29 is 21.6 Å². The molecule has 0 aliphatic carbocycles. The maximum absolute atomic E-state index is 12.8. The van der Waals surface area contributed by atoms with Crippen LogP contribution >= 0.6 is 0 Å². The van der Waals surface area contributed by atoms with Crippen molar-refractivity contribution >= 4 is 21.6 Å². The molecule has 0 spiro atoms. The van der Waals surface area contributed by atoms with Crippen molar-refractivity contribution in [1.82, 2.24) is 24.3 Å². The summed E-state index contributed by atoms with van der Waals surface area (Å²) in [4.78, 5) is 7.44. The minimum Gasteiger partial charge on any atom is -0.369 e. The summed E-state index contributed by atoms with van der Waals surface area (Å²) in [5, 5.41) is 6.28. The van der Waals surface area contributed by atoms with E-state index in [0.29, 0.717) is 5.69 Å². The number of aryl methyl sites for hydroxylation is 2. The molecule has 8 nitrogen and oxygen atoms in total. The van der Waals surface area contributed by atoms with E-state index in [1.54, 1.807) is 19.1 Å². The SMILES string of the molecule is Cc1ccc(S(=O)(=O)NCCNc2cc(C)nc3nc(C(F)(F)F)nn23)cc1. The lowest BCUT2D eigenvalue weighted by molar-refractivity contribution is -0.144. The van der Waals surface area contributed by atoms with Gasteiger partial charge in [0.2, 0.25) is 10.0 Å². The van der Waals surface area contributed by atoms with Crippen molar-refractivity contribution in [2.45, 2.75) is 24.9 Å². The monoisotopic (exact) mass is 414 g/mol. The molecule has 0 fully saturated rings. The summed E-state index contributed by atoms with van der Waals surface area (Å²) < 4.78 is 66.3. The number of anilines is 1. The molecule has 2 aromatic heterocycles. The summed E-state index contributed by atoms with van der Waals surface area (Å²) in [5.41, 5.74) is 1.38. The molecule has 0 amide bonds. The van der Waals surface area contributed by atoms with Crippen LogP contribution in [-0.2, 0) is 16.2 Å². The third-order valence-electron chi connectivity index (χ3n) is 3.75. The first kappa shape index (κ1) is 20.0. The second-order valence-corrected chi connectivity index (χ2v) is 7.83. The molecule has 2 N–H and O–H groups in total. The van der Waals surface area contributed by atoms with E-state index in [2.05, 4.69) is 25.1 Å². The first-order valence-corrected chi connectivity index (χ1v) is 9.66. The molecule has 0 radical (unpaired) electrons. The second kappa shape index (κ2) is 7.36. The first-order chi connectivity index (χ1) is 13.1. The Balaban J connectivity index is 1.70. The standard InChI is InChI=1S/C16H17F3N6O2S/c1-10-3-5-12(6-4-10)28(26,27)21-8-7-20-13-9-11(2)22-15-23-14(16(17,18)19)24-25(13)15/h3-6,9,20-21H,7-8H2,1-2H3. The van der Waals surface area contributed by atoms with Crippen LogP contribution in [0.1, 0.15) is 17.1 Å². The molecule has 0 bridgehead atoms. The Morgan fingerprint density at radius 3 is 2.39 bits per heavy atom. The van der Waals surface area contributed by atoms with Gasteiger partial charge in [0.05, 0.1) is 4.90 Å². The summed E-state index contributed by atoms with van der Waals surface area (Å²) in [7, 11) is -3.68. The molecule has 0 saturated carbocycles. The largest absolute Gasteiger partial charge is 0.453 e. The van der Waals surface area contributed by atoms with Gasteiger partial charge in [-0.1, -0.05) is 17.7 Å². The number of rotatable bonds is 6. The molecule has 0 aliphatic rings. The molecule has 150 valence electrons. The third kappa shape index (κ3) is 4.39. The van der Waals surface area contributed by atoms with E-state index in [1.807, 2.05) is 6.92 Å². The van der Waals surface area contributed by atoms with Gasteiger partial charge in [-0.3, -0.25) is 0 Å².